The molecule has 1 fully saturated rings. The van der Waals surface area contributed by atoms with Crippen molar-refractivity contribution in [3.8, 4) is 0 Å². The van der Waals surface area contributed by atoms with Gasteiger partial charge in [-0.2, -0.15) is 0 Å². The van der Waals surface area contributed by atoms with Gasteiger partial charge in [-0.15, -0.1) is 0 Å². The quantitative estimate of drug-likeness (QED) is 0.774. The average Bonchev–Trinajstić information content (AvgIpc) is 2.30. The smallest absolute Gasteiger partial charge is 0.0397 e. The molecule has 87 valence electrons. The van der Waals surface area contributed by atoms with E-state index in [4.69, 9.17) is 5.73 Å². The lowest BCUT2D eigenvalue weighted by Crippen LogP contribution is -2.45. The van der Waals surface area contributed by atoms with Crippen molar-refractivity contribution in [3.63, 3.8) is 0 Å². The molecule has 16 heavy (non-hydrogen) atoms. The van der Waals surface area contributed by atoms with Crippen molar-refractivity contribution in [1.82, 2.24) is 9.80 Å². The fourth-order valence-electron chi connectivity index (χ4n) is 2.15. The SMILES string of the molecule is CCN1CCN(Cc2cc[c]c(N)c2)CC1. The third-order valence-electron chi connectivity index (χ3n) is 3.21. The van der Waals surface area contributed by atoms with Gasteiger partial charge in [0.15, 0.2) is 0 Å². The monoisotopic (exact) mass is 218 g/mol. The topological polar surface area (TPSA) is 32.5 Å². The highest BCUT2D eigenvalue weighted by Crippen LogP contribution is 2.10. The second kappa shape index (κ2) is 5.32. The maximum Gasteiger partial charge on any atom is 0.0397 e. The van der Waals surface area contributed by atoms with Crippen LogP contribution in [0, 0.1) is 6.07 Å². The highest BCUT2D eigenvalue weighted by molar-refractivity contribution is 5.39. The predicted octanol–water partition coefficient (Wildman–Crippen LogP) is 1.21. The Morgan fingerprint density at radius 2 is 1.94 bits per heavy atom. The highest BCUT2D eigenvalue weighted by Gasteiger charge is 2.15. The fraction of sp³-hybridized carbons (Fsp3) is 0.538. The molecule has 3 heteroatoms. The zero-order chi connectivity index (χ0) is 11.4. The van der Waals surface area contributed by atoms with Crippen molar-refractivity contribution in [2.24, 2.45) is 0 Å². The van der Waals surface area contributed by atoms with Crippen LogP contribution in [0.25, 0.3) is 0 Å². The first-order valence-electron chi connectivity index (χ1n) is 5.98. The van der Waals surface area contributed by atoms with Crippen molar-refractivity contribution in [2.45, 2.75) is 13.5 Å². The van der Waals surface area contributed by atoms with Gasteiger partial charge in [0, 0.05) is 44.5 Å². The van der Waals surface area contributed by atoms with Crippen molar-refractivity contribution in [3.05, 3.63) is 29.8 Å². The van der Waals surface area contributed by atoms with Crippen LogP contribution in [0.5, 0.6) is 0 Å². The molecular weight excluding hydrogens is 198 g/mol. The molecule has 1 aliphatic rings. The molecule has 2 rings (SSSR count). The van der Waals surface area contributed by atoms with Crippen LogP contribution in [0.3, 0.4) is 0 Å². The van der Waals surface area contributed by atoms with Gasteiger partial charge in [0.1, 0.15) is 0 Å². The average molecular weight is 218 g/mol. The maximum atomic E-state index is 5.72. The van der Waals surface area contributed by atoms with Gasteiger partial charge < -0.3 is 10.6 Å². The Labute approximate surface area is 97.8 Å². The molecule has 0 amide bonds. The Bertz CT molecular complexity index is 330. The second-order valence-corrected chi connectivity index (χ2v) is 4.36. The summed E-state index contributed by atoms with van der Waals surface area (Å²) < 4.78 is 0. The van der Waals surface area contributed by atoms with E-state index in [1.54, 1.807) is 0 Å². The van der Waals surface area contributed by atoms with Gasteiger partial charge in [0.05, 0.1) is 0 Å². The molecular formula is C13H20N3. The maximum absolute atomic E-state index is 5.72. The van der Waals surface area contributed by atoms with Gasteiger partial charge in [0.25, 0.3) is 0 Å². The highest BCUT2D eigenvalue weighted by atomic mass is 15.3. The summed E-state index contributed by atoms with van der Waals surface area (Å²) in [5, 5.41) is 0. The zero-order valence-electron chi connectivity index (χ0n) is 9.95. The lowest BCUT2D eigenvalue weighted by Gasteiger charge is -2.34. The number of piperazine rings is 1. The van der Waals surface area contributed by atoms with Gasteiger partial charge in [-0.3, -0.25) is 4.90 Å². The van der Waals surface area contributed by atoms with E-state index in [1.165, 1.54) is 25.2 Å². The standard InChI is InChI=1S/C13H20N3/c1-2-15-6-8-16(9-7-15)11-12-4-3-5-13(14)10-12/h3-4,10H,2,6-9,11,14H2,1H3. The first-order chi connectivity index (χ1) is 7.78. The largest absolute Gasteiger partial charge is 0.398 e. The van der Waals surface area contributed by atoms with Gasteiger partial charge in [-0.25, -0.2) is 0 Å². The van der Waals surface area contributed by atoms with Gasteiger partial charge in [-0.05, 0) is 18.2 Å². The normalized spacial score (nSPS) is 18.8. The Morgan fingerprint density at radius 3 is 2.56 bits per heavy atom. The number of hydrogen-bond acceptors (Lipinski definition) is 3. The number of nitrogens with two attached hydrogens (primary N) is 1. The summed E-state index contributed by atoms with van der Waals surface area (Å²) in [6, 6.07) is 9.01. The molecule has 0 unspecified atom stereocenters. The predicted molar refractivity (Wildman–Crippen MR) is 67.1 cm³/mol. The number of benzene rings is 1. The summed E-state index contributed by atoms with van der Waals surface area (Å²) in [7, 11) is 0. The van der Waals surface area contributed by atoms with Gasteiger partial charge >= 0.3 is 0 Å². The second-order valence-electron chi connectivity index (χ2n) is 4.36. The third-order valence-corrected chi connectivity index (χ3v) is 3.21. The number of likely N-dealkylation sites (N-methyl/N-ethyl adjacent to an activating group) is 1. The molecule has 1 aromatic carbocycles. The molecule has 1 saturated heterocycles. The van der Waals surface area contributed by atoms with E-state index >= 15 is 0 Å². The summed E-state index contributed by atoms with van der Waals surface area (Å²) in [6.07, 6.45) is 0. The van der Waals surface area contributed by atoms with Crippen LogP contribution >= 0.6 is 0 Å². The Hall–Kier alpha value is -1.06. The van der Waals surface area contributed by atoms with Gasteiger partial charge in [-0.1, -0.05) is 19.1 Å². The molecule has 0 saturated carbocycles. The molecule has 0 aliphatic carbocycles. The summed E-state index contributed by atoms with van der Waals surface area (Å²) in [6.45, 7) is 9.09. The molecule has 1 radical (unpaired) electrons. The number of rotatable bonds is 3. The van der Waals surface area contributed by atoms with E-state index in [1.807, 2.05) is 12.1 Å². The molecule has 0 spiro atoms. The van der Waals surface area contributed by atoms with Crippen molar-refractivity contribution >= 4 is 5.69 Å². The Kier molecular flexibility index (Phi) is 3.80. The van der Waals surface area contributed by atoms with E-state index in [-0.39, 0.29) is 0 Å². The minimum absolute atomic E-state index is 0.740. The van der Waals surface area contributed by atoms with Crippen molar-refractivity contribution < 1.29 is 0 Å². The Balaban J connectivity index is 1.87. The molecule has 3 nitrogen and oxygen atoms in total. The minimum Gasteiger partial charge on any atom is -0.398 e. The molecule has 0 aromatic heterocycles. The zero-order valence-corrected chi connectivity index (χ0v) is 9.95. The van der Waals surface area contributed by atoms with Crippen LogP contribution in [-0.4, -0.2) is 42.5 Å². The van der Waals surface area contributed by atoms with Crippen LogP contribution in [0.1, 0.15) is 12.5 Å². The van der Waals surface area contributed by atoms with E-state index in [2.05, 4.69) is 28.9 Å². The van der Waals surface area contributed by atoms with E-state index in [9.17, 15) is 0 Å². The summed E-state index contributed by atoms with van der Waals surface area (Å²) in [4.78, 5) is 4.98. The van der Waals surface area contributed by atoms with Crippen LogP contribution in [0.2, 0.25) is 0 Å². The van der Waals surface area contributed by atoms with Crippen LogP contribution in [0.4, 0.5) is 5.69 Å². The molecule has 1 aliphatic heterocycles. The van der Waals surface area contributed by atoms with Crippen LogP contribution in [-0.2, 0) is 6.54 Å². The number of nitrogens with zero attached hydrogens (tertiary/aromatic N) is 2. The number of hydrogen-bond donors (Lipinski definition) is 1. The minimum atomic E-state index is 0.740. The van der Waals surface area contributed by atoms with E-state index in [0.717, 1.165) is 25.3 Å². The molecule has 1 aromatic rings. The van der Waals surface area contributed by atoms with E-state index < -0.39 is 0 Å². The van der Waals surface area contributed by atoms with Crippen LogP contribution < -0.4 is 5.73 Å². The summed E-state index contributed by atoms with van der Waals surface area (Å²) >= 11 is 0. The molecule has 0 atom stereocenters. The lowest BCUT2D eigenvalue weighted by molar-refractivity contribution is 0.132. The lowest BCUT2D eigenvalue weighted by atomic mass is 10.2. The third kappa shape index (κ3) is 2.97. The van der Waals surface area contributed by atoms with E-state index in [0.29, 0.717) is 0 Å². The Morgan fingerprint density at radius 1 is 1.25 bits per heavy atom. The van der Waals surface area contributed by atoms with Crippen molar-refractivity contribution in [2.75, 3.05) is 38.5 Å². The molecule has 1 heterocycles. The fourth-order valence-corrected chi connectivity index (χ4v) is 2.15. The van der Waals surface area contributed by atoms with Gasteiger partial charge in [0.2, 0.25) is 0 Å². The number of nitrogen functional groups attached to an aromatic ring is 1. The first kappa shape index (κ1) is 11.4. The number of anilines is 1. The molecule has 2 N–H and O–H groups in total. The van der Waals surface area contributed by atoms with Crippen molar-refractivity contribution in [1.29, 1.82) is 0 Å². The summed E-state index contributed by atoms with van der Waals surface area (Å²) in [5.41, 5.74) is 7.76. The molecule has 0 bridgehead atoms. The van der Waals surface area contributed by atoms with Crippen LogP contribution in [0.15, 0.2) is 18.2 Å². The summed E-state index contributed by atoms with van der Waals surface area (Å²) in [5.74, 6) is 0. The first-order valence-corrected chi connectivity index (χ1v) is 5.98.